The van der Waals surface area contributed by atoms with Crippen LogP contribution in [0.4, 0.5) is 4.79 Å². The molecule has 8 heavy (non-hydrogen) atoms. The van der Waals surface area contributed by atoms with Crippen molar-refractivity contribution in [3.63, 3.8) is 0 Å². The standard InChI is InChI=1S/C4H10N2O2/c1-3(2)6(8)4(5)7/h3,8H,1-2H3,(H2,5,7). The number of hydrogen-bond donors (Lipinski definition) is 2. The van der Waals surface area contributed by atoms with Gasteiger partial charge in [0.05, 0.1) is 6.04 Å². The van der Waals surface area contributed by atoms with Crippen LogP contribution >= 0.6 is 0 Å². The second kappa shape index (κ2) is 2.52. The lowest BCUT2D eigenvalue weighted by atomic mass is 10.4. The van der Waals surface area contributed by atoms with Crippen LogP contribution in [0.25, 0.3) is 0 Å². The highest BCUT2D eigenvalue weighted by Crippen LogP contribution is 1.89. The molecule has 0 atom stereocenters. The molecule has 4 nitrogen and oxygen atoms in total. The van der Waals surface area contributed by atoms with Gasteiger partial charge in [0.15, 0.2) is 0 Å². The second-order valence-electron chi connectivity index (χ2n) is 1.78. The molecule has 0 fully saturated rings. The maximum atomic E-state index is 10.0. The molecule has 0 aromatic carbocycles. The highest BCUT2D eigenvalue weighted by atomic mass is 16.5. The van der Waals surface area contributed by atoms with Gasteiger partial charge in [0.1, 0.15) is 0 Å². The lowest BCUT2D eigenvalue weighted by Crippen LogP contribution is -2.37. The summed E-state index contributed by atoms with van der Waals surface area (Å²) in [7, 11) is 0. The Balaban J connectivity index is 3.64. The first-order chi connectivity index (χ1) is 3.55. The maximum Gasteiger partial charge on any atom is 0.338 e. The summed E-state index contributed by atoms with van der Waals surface area (Å²) in [5, 5.41) is 9.03. The number of nitrogens with zero attached hydrogens (tertiary/aromatic N) is 1. The number of carbonyl (C=O) groups excluding carboxylic acids is 1. The monoisotopic (exact) mass is 118 g/mol. The van der Waals surface area contributed by atoms with Crippen LogP contribution in [0.3, 0.4) is 0 Å². The van der Waals surface area contributed by atoms with Crippen molar-refractivity contribution in [3.8, 4) is 0 Å². The summed E-state index contributed by atoms with van der Waals surface area (Å²) < 4.78 is 0. The molecule has 0 spiro atoms. The first-order valence-corrected chi connectivity index (χ1v) is 2.33. The van der Waals surface area contributed by atoms with Crippen molar-refractivity contribution >= 4 is 6.03 Å². The van der Waals surface area contributed by atoms with Crippen LogP contribution in [-0.2, 0) is 0 Å². The molecular formula is C4H10N2O2. The van der Waals surface area contributed by atoms with Crippen LogP contribution in [0.5, 0.6) is 0 Å². The molecule has 0 heterocycles. The van der Waals surface area contributed by atoms with Gasteiger partial charge in [-0.05, 0) is 13.8 Å². The van der Waals surface area contributed by atoms with Gasteiger partial charge in [0.2, 0.25) is 0 Å². The fraction of sp³-hybridized carbons (Fsp3) is 0.750. The van der Waals surface area contributed by atoms with E-state index in [0.29, 0.717) is 5.06 Å². The van der Waals surface area contributed by atoms with Gasteiger partial charge >= 0.3 is 6.03 Å². The van der Waals surface area contributed by atoms with Crippen LogP contribution in [0.1, 0.15) is 13.8 Å². The molecule has 0 aliphatic heterocycles. The molecule has 2 amide bonds. The molecule has 0 aliphatic rings. The largest absolute Gasteiger partial charge is 0.350 e. The molecule has 0 aromatic rings. The zero-order valence-electron chi connectivity index (χ0n) is 4.96. The molecule has 48 valence electrons. The summed E-state index contributed by atoms with van der Waals surface area (Å²) in [5.41, 5.74) is 4.67. The third kappa shape index (κ3) is 1.79. The predicted molar refractivity (Wildman–Crippen MR) is 28.3 cm³/mol. The van der Waals surface area contributed by atoms with Gasteiger partial charge in [-0.3, -0.25) is 5.21 Å². The lowest BCUT2D eigenvalue weighted by molar-refractivity contribution is -0.0642. The van der Waals surface area contributed by atoms with Crippen LogP contribution < -0.4 is 5.73 Å². The number of carbonyl (C=O) groups is 1. The molecule has 0 saturated heterocycles. The summed E-state index contributed by atoms with van der Waals surface area (Å²) in [6.45, 7) is 3.32. The molecule has 0 rings (SSSR count). The first kappa shape index (κ1) is 7.23. The van der Waals surface area contributed by atoms with E-state index in [2.05, 4.69) is 5.73 Å². The minimum absolute atomic E-state index is 0.243. The van der Waals surface area contributed by atoms with Crippen molar-refractivity contribution in [1.29, 1.82) is 0 Å². The molecule has 4 heteroatoms. The number of urea groups is 1. The first-order valence-electron chi connectivity index (χ1n) is 2.33. The van der Waals surface area contributed by atoms with Gasteiger partial charge < -0.3 is 5.73 Å². The Hall–Kier alpha value is -0.770. The van der Waals surface area contributed by atoms with Crippen molar-refractivity contribution in [2.24, 2.45) is 5.73 Å². The summed E-state index contributed by atoms with van der Waals surface area (Å²) in [5.74, 6) is 0. The van der Waals surface area contributed by atoms with Crippen molar-refractivity contribution in [2.75, 3.05) is 0 Å². The van der Waals surface area contributed by atoms with E-state index in [1.54, 1.807) is 13.8 Å². The Labute approximate surface area is 47.8 Å². The van der Waals surface area contributed by atoms with Crippen molar-refractivity contribution < 1.29 is 10.0 Å². The summed E-state index contributed by atoms with van der Waals surface area (Å²) in [4.78, 5) is 10.0. The summed E-state index contributed by atoms with van der Waals surface area (Å²) in [6, 6.07) is -1.06. The summed E-state index contributed by atoms with van der Waals surface area (Å²) >= 11 is 0. The third-order valence-electron chi connectivity index (χ3n) is 0.715. The van der Waals surface area contributed by atoms with Crippen molar-refractivity contribution in [3.05, 3.63) is 0 Å². The second-order valence-corrected chi connectivity index (χ2v) is 1.78. The Morgan fingerprint density at radius 1 is 1.75 bits per heavy atom. The van der Waals surface area contributed by atoms with Crippen LogP contribution in [0, 0.1) is 0 Å². The molecule has 0 unspecified atom stereocenters. The average Bonchev–Trinajstić information content (AvgIpc) is 1.64. The van der Waals surface area contributed by atoms with Gasteiger partial charge in [0.25, 0.3) is 0 Å². The average molecular weight is 118 g/mol. The molecule has 0 radical (unpaired) electrons. The van der Waals surface area contributed by atoms with Crippen molar-refractivity contribution in [2.45, 2.75) is 19.9 Å². The smallest absolute Gasteiger partial charge is 0.338 e. The molecule has 0 bridgehead atoms. The Bertz CT molecular complexity index is 92.0. The van der Waals surface area contributed by atoms with E-state index in [4.69, 9.17) is 5.21 Å². The van der Waals surface area contributed by atoms with E-state index in [9.17, 15) is 4.79 Å². The van der Waals surface area contributed by atoms with E-state index in [-0.39, 0.29) is 6.04 Å². The summed E-state index contributed by atoms with van der Waals surface area (Å²) in [6.07, 6.45) is 0. The number of hydrogen-bond acceptors (Lipinski definition) is 2. The van der Waals surface area contributed by atoms with Gasteiger partial charge in [0, 0.05) is 0 Å². The van der Waals surface area contributed by atoms with Crippen LogP contribution in [0.2, 0.25) is 0 Å². The predicted octanol–water partition coefficient (Wildman–Crippen LogP) is 0.165. The van der Waals surface area contributed by atoms with Crippen LogP contribution in [-0.4, -0.2) is 22.3 Å². The van der Waals surface area contributed by atoms with E-state index in [0.717, 1.165) is 0 Å². The van der Waals surface area contributed by atoms with E-state index >= 15 is 0 Å². The van der Waals surface area contributed by atoms with E-state index < -0.39 is 6.03 Å². The minimum Gasteiger partial charge on any atom is -0.350 e. The lowest BCUT2D eigenvalue weighted by Gasteiger charge is -2.14. The van der Waals surface area contributed by atoms with Gasteiger partial charge in [-0.2, -0.15) is 0 Å². The number of amides is 2. The molecule has 0 saturated carbocycles. The SMILES string of the molecule is CC(C)N(O)C(N)=O. The zero-order valence-corrected chi connectivity index (χ0v) is 4.96. The molecule has 0 aliphatic carbocycles. The Morgan fingerprint density at radius 2 is 2.12 bits per heavy atom. The number of rotatable bonds is 1. The number of nitrogens with two attached hydrogens (primary N) is 1. The molecule has 3 N–H and O–H groups in total. The number of hydroxylamine groups is 2. The van der Waals surface area contributed by atoms with E-state index in [1.807, 2.05) is 0 Å². The highest BCUT2D eigenvalue weighted by molar-refractivity contribution is 5.70. The fourth-order valence-electron chi connectivity index (χ4n) is 0.254. The fourth-order valence-corrected chi connectivity index (χ4v) is 0.254. The third-order valence-corrected chi connectivity index (χ3v) is 0.715. The quantitative estimate of drug-likeness (QED) is 0.380. The number of primary amides is 1. The zero-order chi connectivity index (χ0) is 6.73. The molecular weight excluding hydrogens is 108 g/mol. The van der Waals surface area contributed by atoms with Crippen molar-refractivity contribution in [1.82, 2.24) is 5.06 Å². The Morgan fingerprint density at radius 3 is 2.12 bits per heavy atom. The van der Waals surface area contributed by atoms with Gasteiger partial charge in [-0.25, -0.2) is 9.86 Å². The van der Waals surface area contributed by atoms with E-state index in [1.165, 1.54) is 0 Å². The van der Waals surface area contributed by atoms with Gasteiger partial charge in [-0.15, -0.1) is 0 Å². The van der Waals surface area contributed by atoms with Crippen LogP contribution in [0.15, 0.2) is 0 Å². The topological polar surface area (TPSA) is 66.6 Å². The minimum atomic E-state index is -0.819. The molecule has 0 aromatic heterocycles. The normalized spacial score (nSPS) is 9.50. The van der Waals surface area contributed by atoms with Gasteiger partial charge in [-0.1, -0.05) is 0 Å². The maximum absolute atomic E-state index is 10.0. The Kier molecular flexibility index (Phi) is 2.27. The highest BCUT2D eigenvalue weighted by Gasteiger charge is 2.07.